The third kappa shape index (κ3) is 7.25. The molecular weight excluding hydrogens is 584 g/mol. The number of benzene rings is 2. The summed E-state index contributed by atoms with van der Waals surface area (Å²) in [6.07, 6.45) is 4.50. The molecule has 2 aliphatic rings. The zero-order valence-electron chi connectivity index (χ0n) is 24.5. The molecule has 2 aliphatic heterocycles. The van der Waals surface area contributed by atoms with Crippen LogP contribution in [-0.4, -0.2) is 93.7 Å². The average molecular weight is 627 g/mol. The lowest BCUT2D eigenvalue weighted by Crippen LogP contribution is -2.67. The van der Waals surface area contributed by atoms with Crippen molar-refractivity contribution in [2.45, 2.75) is 70.7 Å². The van der Waals surface area contributed by atoms with Crippen LogP contribution in [0.4, 0.5) is 0 Å². The van der Waals surface area contributed by atoms with Gasteiger partial charge in [-0.2, -0.15) is 0 Å². The topological polar surface area (TPSA) is 161 Å². The van der Waals surface area contributed by atoms with E-state index >= 15 is 0 Å². The Morgan fingerprint density at radius 1 is 0.886 bits per heavy atom. The van der Waals surface area contributed by atoms with E-state index in [1.165, 1.54) is 0 Å². The smallest absolute Gasteiger partial charge is 0.276 e. The largest absolute Gasteiger partial charge is 0.397 e. The number of hydrogen-bond acceptors (Lipinski definition) is 9. The third-order valence-corrected chi connectivity index (χ3v) is 12.4. The van der Waals surface area contributed by atoms with Gasteiger partial charge in [0.15, 0.2) is 12.2 Å². The van der Waals surface area contributed by atoms with Gasteiger partial charge in [0.1, 0.15) is 31.5 Å². The summed E-state index contributed by atoms with van der Waals surface area (Å²) in [6, 6.07) is 20.3. The van der Waals surface area contributed by atoms with E-state index in [4.69, 9.17) is 32.3 Å². The van der Waals surface area contributed by atoms with Crippen LogP contribution in [0.1, 0.15) is 35.1 Å². The first kappa shape index (κ1) is 36.3. The van der Waals surface area contributed by atoms with Crippen LogP contribution in [0.5, 0.6) is 0 Å². The third-order valence-electron chi connectivity index (χ3n) is 7.46. The van der Waals surface area contributed by atoms with E-state index in [2.05, 4.69) is 55.8 Å². The van der Waals surface area contributed by atoms with Crippen molar-refractivity contribution in [2.75, 3.05) is 13.2 Å². The number of nitrogens with zero attached hydrogens (tertiary/aromatic N) is 2. The number of aliphatic hydroxyl groups is 4. The van der Waals surface area contributed by atoms with E-state index < -0.39 is 51.4 Å². The first-order valence-corrected chi connectivity index (χ1v) is 15.6. The molecule has 6 atom stereocenters. The van der Waals surface area contributed by atoms with Crippen molar-refractivity contribution >= 4 is 30.1 Å². The number of rotatable bonds is 8. The van der Waals surface area contributed by atoms with Crippen molar-refractivity contribution in [2.24, 2.45) is 5.92 Å². The Hall–Kier alpha value is -3.88. The molecule has 238 valence electrons. The maximum Gasteiger partial charge on any atom is 0.276 e. The minimum atomic E-state index is -2.83. The first-order valence-electron chi connectivity index (χ1n) is 13.7. The van der Waals surface area contributed by atoms with Gasteiger partial charge in [0, 0.05) is 15.7 Å². The van der Waals surface area contributed by atoms with Gasteiger partial charge < -0.3 is 34.5 Å². The quantitative estimate of drug-likeness (QED) is 0.188. The van der Waals surface area contributed by atoms with Crippen molar-refractivity contribution < 1.29 is 44.3 Å². The van der Waals surface area contributed by atoms with Crippen LogP contribution >= 0.6 is 0 Å². The molecule has 0 fully saturated rings. The maximum absolute atomic E-state index is 12.4. The first-order chi connectivity index (χ1) is 20.3. The zero-order valence-corrected chi connectivity index (χ0v) is 25.5. The fraction of sp³-hybridized carbons (Fsp3) is 0.438. The highest BCUT2D eigenvalue weighted by molar-refractivity contribution is 6.99. The van der Waals surface area contributed by atoms with E-state index in [1.54, 1.807) is 6.92 Å². The van der Waals surface area contributed by atoms with E-state index in [1.807, 2.05) is 42.3 Å². The molecular formula is C32H42N2O9Si. The molecule has 4 N–H and O–H groups in total. The van der Waals surface area contributed by atoms with Gasteiger partial charge in [-0.3, -0.25) is 10.4 Å². The molecule has 0 saturated heterocycles. The molecule has 0 spiro atoms. The van der Waals surface area contributed by atoms with Crippen molar-refractivity contribution in [3.63, 3.8) is 0 Å². The summed E-state index contributed by atoms with van der Waals surface area (Å²) >= 11 is 0. The van der Waals surface area contributed by atoms with Gasteiger partial charge in [-0.15, -0.1) is 18.8 Å². The molecule has 0 aromatic heterocycles. The van der Waals surface area contributed by atoms with Gasteiger partial charge >= 0.3 is 0 Å². The maximum atomic E-state index is 12.4. The fourth-order valence-electron chi connectivity index (χ4n) is 5.08. The van der Waals surface area contributed by atoms with Crippen LogP contribution < -0.4 is 10.4 Å². The summed E-state index contributed by atoms with van der Waals surface area (Å²) in [5.74, 6) is 4.04. The Balaban J connectivity index is 0.000000406. The van der Waals surface area contributed by atoms with Crippen molar-refractivity contribution in [1.29, 1.82) is 0 Å². The molecule has 0 amide bonds. The second-order valence-corrected chi connectivity index (χ2v) is 15.5. The molecule has 0 radical (unpaired) electrons. The number of terminal acetylenes is 2. The monoisotopic (exact) mass is 626 g/mol. The summed E-state index contributed by atoms with van der Waals surface area (Å²) in [7, 11) is -2.83. The molecule has 2 heterocycles. The molecule has 2 aromatic carbocycles. The molecule has 11 nitrogen and oxygen atoms in total. The lowest BCUT2D eigenvalue weighted by atomic mass is 9.98. The van der Waals surface area contributed by atoms with E-state index in [0.29, 0.717) is 4.90 Å². The minimum absolute atomic E-state index is 0. The van der Waals surface area contributed by atoms with Crippen LogP contribution in [0, 0.1) is 41.0 Å². The molecule has 12 heteroatoms. The van der Waals surface area contributed by atoms with Gasteiger partial charge in [-0.25, -0.2) is 0 Å². The summed E-state index contributed by atoms with van der Waals surface area (Å²) in [4.78, 5) is 10.1. The van der Waals surface area contributed by atoms with Crippen LogP contribution in [0.25, 0.3) is 0 Å². The highest BCUT2D eigenvalue weighted by Gasteiger charge is 2.52. The Morgan fingerprint density at radius 2 is 1.34 bits per heavy atom. The van der Waals surface area contributed by atoms with E-state index in [-0.39, 0.29) is 35.4 Å². The zero-order chi connectivity index (χ0) is 31.9. The Labute approximate surface area is 259 Å². The summed E-state index contributed by atoms with van der Waals surface area (Å²) in [6.45, 7) is 7.54. The molecule has 0 aliphatic carbocycles. The van der Waals surface area contributed by atoms with Crippen LogP contribution in [0.3, 0.4) is 0 Å². The van der Waals surface area contributed by atoms with Crippen LogP contribution in [0.2, 0.25) is 5.04 Å². The number of aliphatic hydroxyl groups excluding tert-OH is 4. The van der Waals surface area contributed by atoms with Gasteiger partial charge in [0.05, 0.1) is 0 Å². The highest BCUT2D eigenvalue weighted by atomic mass is 28.4. The Kier molecular flexibility index (Phi) is 12.6. The normalized spacial score (nSPS) is 22.8. The van der Waals surface area contributed by atoms with E-state index in [9.17, 15) is 20.6 Å². The molecule has 0 bridgehead atoms. The lowest BCUT2D eigenvalue weighted by Gasteiger charge is -2.42. The van der Waals surface area contributed by atoms with Gasteiger partial charge in [-0.1, -0.05) is 94.8 Å². The summed E-state index contributed by atoms with van der Waals surface area (Å²) < 4.78 is 6.72. The molecule has 4 rings (SSSR count). The summed E-state index contributed by atoms with van der Waals surface area (Å²) in [5, 5.41) is 62.9. The van der Waals surface area contributed by atoms with Gasteiger partial charge in [0.25, 0.3) is 19.7 Å². The summed E-state index contributed by atoms with van der Waals surface area (Å²) in [5.41, 5.74) is -0.116. The lowest BCUT2D eigenvalue weighted by molar-refractivity contribution is -0.743. The van der Waals surface area contributed by atoms with Gasteiger partial charge in [-0.05, 0) is 22.3 Å². The fourth-order valence-corrected chi connectivity index (χ4v) is 9.60. The predicted molar refractivity (Wildman–Crippen MR) is 169 cm³/mol. The van der Waals surface area contributed by atoms with Crippen molar-refractivity contribution in [3.8, 4) is 24.7 Å². The average Bonchev–Trinajstić information content (AvgIpc) is 3.45. The molecule has 2 aromatic rings. The van der Waals surface area contributed by atoms with E-state index in [0.717, 1.165) is 10.4 Å². The van der Waals surface area contributed by atoms with Crippen LogP contribution in [-0.2, 0) is 14.1 Å². The second-order valence-electron chi connectivity index (χ2n) is 11.2. The number of hydrogen-bond donors (Lipinski definition) is 4. The molecule has 0 saturated carbocycles. The highest BCUT2D eigenvalue weighted by Crippen LogP contribution is 2.37. The van der Waals surface area contributed by atoms with Crippen molar-refractivity contribution in [3.05, 3.63) is 71.1 Å². The van der Waals surface area contributed by atoms with Gasteiger partial charge in [0.2, 0.25) is 0 Å². The van der Waals surface area contributed by atoms with Crippen molar-refractivity contribution in [1.82, 2.24) is 0 Å². The predicted octanol–water partition coefficient (Wildman–Crippen LogP) is 0.693. The van der Waals surface area contributed by atoms with Crippen LogP contribution in [0.15, 0.2) is 60.7 Å². The Bertz CT molecular complexity index is 1340. The SMILES string of the molecule is C.C#C[C@@H](C)[C@H]1O[N+]([O-])=C(CO[Si](c2ccccc2)(c2ccccc2)C(C)(C)C)[C@H]1O.C#C[C@@H](O)[C@H]1O[N+]([O-])=C(CO)[C@H]1O. The molecule has 0 unspecified atom stereocenters. The standard InChI is InChI=1S/C24H29NO4Si.C7H9NO5.CH4/c1-6-18(2)23-22(26)21(25(27)29-23)17-28-30(24(3,4)5,19-13-9-7-10-14-19)20-15-11-8-12-16-20;1-2-5(10)7-6(11)4(3-9)8(12)13-7;/h1,7-16,18,22-23,26H,17H2,2-5H3;1,5-7,9-11H,3H2;1H4/t18-,22-,23-;5-,6-,7-;/m11./s1. The second kappa shape index (κ2) is 15.2. The Morgan fingerprint density at radius 3 is 1.75 bits per heavy atom. The molecule has 44 heavy (non-hydrogen) atoms. The minimum Gasteiger partial charge on any atom is -0.397 e.